The van der Waals surface area contributed by atoms with Crippen molar-refractivity contribution < 1.29 is 27.3 Å². The van der Waals surface area contributed by atoms with Gasteiger partial charge in [0.1, 0.15) is 33.9 Å². The summed E-state index contributed by atoms with van der Waals surface area (Å²) in [6, 6.07) is 38.0. The lowest BCUT2D eigenvalue weighted by molar-refractivity contribution is -0.0569. The monoisotopic (exact) mass is 604 g/mol. The van der Waals surface area contributed by atoms with Crippen molar-refractivity contribution in [2.24, 2.45) is 11.8 Å². The summed E-state index contributed by atoms with van der Waals surface area (Å²) in [5.74, 6) is -0.700. The van der Waals surface area contributed by atoms with E-state index in [0.717, 1.165) is 21.5 Å². The van der Waals surface area contributed by atoms with Crippen molar-refractivity contribution in [3.8, 4) is 0 Å². The fourth-order valence-corrected chi connectivity index (χ4v) is 7.85. The molecule has 224 valence electrons. The third-order valence-corrected chi connectivity index (χ3v) is 10.4. The Morgan fingerprint density at radius 3 is 1.09 bits per heavy atom. The largest absolute Gasteiger partial charge is 0.460 e. The summed E-state index contributed by atoms with van der Waals surface area (Å²) in [6.45, 7) is 4.01. The van der Waals surface area contributed by atoms with Crippen molar-refractivity contribution >= 4 is 55.4 Å². The fraction of sp³-hybridized carbons (Fsp3) is 0.150. The molecule has 1 saturated carbocycles. The van der Waals surface area contributed by atoms with Crippen molar-refractivity contribution in [3.05, 3.63) is 144 Å². The van der Waals surface area contributed by atoms with Gasteiger partial charge in [0.05, 0.1) is 11.8 Å². The molecule has 4 aromatic heterocycles. The Bertz CT molecular complexity index is 2180. The Hall–Kier alpha value is -5.62. The number of ketones is 2. The third-order valence-electron chi connectivity index (χ3n) is 10.4. The SMILES string of the molecule is C[C@@]1(c2cc3ccccc3o2)[C@@H](C(=O)c2cc3ccccc3o2)[C@H](C(=O)c2cc3ccccc3o2)[C@@]1(C)c1cc2ccccc2o1. The Balaban J connectivity index is 1.30. The fourth-order valence-electron chi connectivity index (χ4n) is 7.85. The van der Waals surface area contributed by atoms with Gasteiger partial charge < -0.3 is 17.7 Å². The second-order valence-electron chi connectivity index (χ2n) is 12.7. The van der Waals surface area contributed by atoms with Crippen LogP contribution in [0.5, 0.6) is 0 Å². The van der Waals surface area contributed by atoms with Crippen molar-refractivity contribution in [3.63, 3.8) is 0 Å². The molecule has 6 nitrogen and oxygen atoms in total. The van der Waals surface area contributed by atoms with Crippen LogP contribution in [0.25, 0.3) is 43.9 Å². The highest BCUT2D eigenvalue weighted by molar-refractivity contribution is 6.09. The van der Waals surface area contributed by atoms with Crippen LogP contribution in [0.4, 0.5) is 0 Å². The molecule has 0 N–H and O–H groups in total. The quantitative estimate of drug-likeness (QED) is 0.176. The van der Waals surface area contributed by atoms with Gasteiger partial charge in [-0.25, -0.2) is 0 Å². The third kappa shape index (κ3) is 3.52. The lowest BCUT2D eigenvalue weighted by atomic mass is 9.36. The van der Waals surface area contributed by atoms with Gasteiger partial charge in [-0.1, -0.05) is 86.6 Å². The lowest BCUT2D eigenvalue weighted by Gasteiger charge is -2.63. The molecule has 4 heterocycles. The second-order valence-corrected chi connectivity index (χ2v) is 12.7. The molecule has 1 aliphatic carbocycles. The van der Waals surface area contributed by atoms with Crippen LogP contribution in [0.2, 0.25) is 0 Å². The molecule has 0 spiro atoms. The zero-order valence-corrected chi connectivity index (χ0v) is 25.2. The smallest absolute Gasteiger partial charge is 0.202 e. The number of para-hydroxylation sites is 4. The van der Waals surface area contributed by atoms with Crippen LogP contribution in [-0.4, -0.2) is 11.6 Å². The maximum Gasteiger partial charge on any atom is 0.202 e. The van der Waals surface area contributed by atoms with Crippen LogP contribution in [0.1, 0.15) is 46.5 Å². The predicted octanol–water partition coefficient (Wildman–Crippen LogP) is 9.90. The minimum absolute atomic E-state index is 0.197. The van der Waals surface area contributed by atoms with Crippen LogP contribution in [-0.2, 0) is 10.8 Å². The molecular weight excluding hydrogens is 576 g/mol. The zero-order valence-electron chi connectivity index (χ0n) is 25.2. The van der Waals surface area contributed by atoms with E-state index in [0.29, 0.717) is 33.9 Å². The van der Waals surface area contributed by atoms with Crippen LogP contribution >= 0.6 is 0 Å². The van der Waals surface area contributed by atoms with Crippen LogP contribution in [0.15, 0.2) is 139 Å². The molecule has 4 aromatic carbocycles. The van der Waals surface area contributed by atoms with Gasteiger partial charge in [-0.05, 0) is 48.5 Å². The number of furan rings is 4. The van der Waals surface area contributed by atoms with E-state index in [9.17, 15) is 9.59 Å². The summed E-state index contributed by atoms with van der Waals surface area (Å²) >= 11 is 0. The Kier molecular flexibility index (Phi) is 5.49. The van der Waals surface area contributed by atoms with E-state index in [4.69, 9.17) is 17.7 Å². The van der Waals surface area contributed by atoms with E-state index >= 15 is 0 Å². The lowest BCUT2D eigenvalue weighted by Crippen LogP contribution is -2.72. The van der Waals surface area contributed by atoms with Gasteiger partial charge in [0.25, 0.3) is 0 Å². The molecule has 4 atom stereocenters. The second kappa shape index (κ2) is 9.44. The molecular formula is C40H28O6. The molecule has 0 bridgehead atoms. The van der Waals surface area contributed by atoms with Gasteiger partial charge in [-0.2, -0.15) is 0 Å². The number of carbonyl (C=O) groups is 2. The molecule has 0 unspecified atom stereocenters. The minimum Gasteiger partial charge on any atom is -0.460 e. The van der Waals surface area contributed by atoms with Crippen LogP contribution in [0.3, 0.4) is 0 Å². The maximum atomic E-state index is 14.9. The highest BCUT2D eigenvalue weighted by atomic mass is 16.4. The molecule has 46 heavy (non-hydrogen) atoms. The first-order valence-electron chi connectivity index (χ1n) is 15.4. The topological polar surface area (TPSA) is 86.7 Å². The van der Waals surface area contributed by atoms with Gasteiger partial charge in [0, 0.05) is 32.4 Å². The average molecular weight is 605 g/mol. The van der Waals surface area contributed by atoms with Gasteiger partial charge in [0.2, 0.25) is 11.6 Å². The average Bonchev–Trinajstić information content (AvgIpc) is 3.89. The molecule has 0 radical (unpaired) electrons. The first-order valence-corrected chi connectivity index (χ1v) is 15.4. The molecule has 0 aliphatic heterocycles. The van der Waals surface area contributed by atoms with Crippen LogP contribution < -0.4 is 0 Å². The van der Waals surface area contributed by atoms with Gasteiger partial charge in [0.15, 0.2) is 11.5 Å². The van der Waals surface area contributed by atoms with Crippen LogP contribution in [0, 0.1) is 11.8 Å². The Morgan fingerprint density at radius 1 is 0.457 bits per heavy atom. The highest BCUT2D eigenvalue weighted by Gasteiger charge is 2.75. The molecule has 1 fully saturated rings. The normalized spacial score (nSPS) is 22.9. The van der Waals surface area contributed by atoms with Gasteiger partial charge in [-0.15, -0.1) is 0 Å². The molecule has 0 amide bonds. The minimum atomic E-state index is -1.03. The molecule has 1 aliphatic rings. The summed E-state index contributed by atoms with van der Waals surface area (Å²) in [4.78, 5) is 29.7. The predicted molar refractivity (Wildman–Crippen MR) is 175 cm³/mol. The van der Waals surface area contributed by atoms with Gasteiger partial charge in [-0.3, -0.25) is 9.59 Å². The summed E-state index contributed by atoms with van der Waals surface area (Å²) in [5.41, 5.74) is 0.567. The van der Waals surface area contributed by atoms with Crippen molar-refractivity contribution in [2.45, 2.75) is 24.7 Å². The molecule has 0 saturated heterocycles. The zero-order chi connectivity index (χ0) is 31.2. The molecule has 8 aromatic rings. The summed E-state index contributed by atoms with van der Waals surface area (Å²) < 4.78 is 25.4. The van der Waals surface area contributed by atoms with Gasteiger partial charge >= 0.3 is 0 Å². The number of carbonyl (C=O) groups excluding carboxylic acids is 2. The summed E-state index contributed by atoms with van der Waals surface area (Å²) in [6.07, 6.45) is 0. The van der Waals surface area contributed by atoms with E-state index in [1.807, 2.05) is 123 Å². The number of benzene rings is 4. The highest BCUT2D eigenvalue weighted by Crippen LogP contribution is 2.68. The number of hydrogen-bond acceptors (Lipinski definition) is 6. The first-order chi connectivity index (χ1) is 22.4. The van der Waals surface area contributed by atoms with E-state index in [1.165, 1.54) is 0 Å². The Morgan fingerprint density at radius 2 is 0.761 bits per heavy atom. The van der Waals surface area contributed by atoms with E-state index in [2.05, 4.69) is 0 Å². The van der Waals surface area contributed by atoms with E-state index < -0.39 is 22.7 Å². The van der Waals surface area contributed by atoms with E-state index in [-0.39, 0.29) is 23.1 Å². The summed E-state index contributed by atoms with van der Waals surface area (Å²) in [7, 11) is 0. The number of fused-ring (bicyclic) bond motifs is 4. The van der Waals surface area contributed by atoms with Crippen molar-refractivity contribution in [1.82, 2.24) is 0 Å². The standard InChI is InChI=1S/C40H28O6/c1-39(33-21-25-13-5-9-17-29(25)45-33)35(37(41)31-19-23-11-3-7-15-27(23)43-31)36(38(42)32-20-24-12-4-8-16-28(24)44-32)40(39,2)34-22-26-14-6-10-18-30(26)46-34/h3-22,35-36H,1-2H3/t35-,36-,39-,40-/m1/s1. The van der Waals surface area contributed by atoms with E-state index in [1.54, 1.807) is 12.1 Å². The summed E-state index contributed by atoms with van der Waals surface area (Å²) in [5, 5.41) is 3.45. The number of rotatable bonds is 6. The maximum absolute atomic E-state index is 14.9. The number of Topliss-reactive ketones (excluding diaryl/α,β-unsaturated/α-hetero) is 2. The van der Waals surface area contributed by atoms with Crippen molar-refractivity contribution in [2.75, 3.05) is 0 Å². The Labute approximate surface area is 263 Å². The molecule has 6 heteroatoms. The van der Waals surface area contributed by atoms with Crippen molar-refractivity contribution in [1.29, 1.82) is 0 Å². The first kappa shape index (κ1) is 26.8. The molecule has 9 rings (SSSR count). The number of hydrogen-bond donors (Lipinski definition) is 0.